The second-order valence-corrected chi connectivity index (χ2v) is 5.95. The summed E-state index contributed by atoms with van der Waals surface area (Å²) in [7, 11) is 0. The van der Waals surface area contributed by atoms with Gasteiger partial charge in [0.2, 0.25) is 5.95 Å². The summed E-state index contributed by atoms with van der Waals surface area (Å²) >= 11 is 0. The van der Waals surface area contributed by atoms with Gasteiger partial charge in [0.25, 0.3) is 0 Å². The fraction of sp³-hybridized carbons (Fsp3) is 0.0476. The van der Waals surface area contributed by atoms with Gasteiger partial charge in [-0.15, -0.1) is 0 Å². The highest BCUT2D eigenvalue weighted by Crippen LogP contribution is 2.24. The van der Waals surface area contributed by atoms with Gasteiger partial charge in [-0.3, -0.25) is 0 Å². The van der Waals surface area contributed by atoms with Gasteiger partial charge < -0.3 is 10.6 Å². The van der Waals surface area contributed by atoms with Crippen LogP contribution in [0.3, 0.4) is 0 Å². The molecule has 0 unspecified atom stereocenters. The summed E-state index contributed by atoms with van der Waals surface area (Å²) in [6.45, 7) is 1.89. The molecule has 4 aromatic rings. The molecule has 0 radical (unpaired) electrons. The number of aromatic nitrogens is 4. The molecule has 0 atom stereocenters. The molecule has 6 heteroatoms. The number of nitrogens with one attached hydrogen (secondary N) is 2. The normalized spacial score (nSPS) is 10.4. The molecule has 0 aliphatic heterocycles. The van der Waals surface area contributed by atoms with Crippen LogP contribution in [0, 0.1) is 6.92 Å². The van der Waals surface area contributed by atoms with Crippen LogP contribution in [0.15, 0.2) is 79.1 Å². The number of aryl methyl sites for hydroxylation is 1. The first-order chi connectivity index (χ1) is 13.3. The minimum absolute atomic E-state index is 0.555. The van der Waals surface area contributed by atoms with Crippen molar-refractivity contribution in [1.82, 2.24) is 19.9 Å². The summed E-state index contributed by atoms with van der Waals surface area (Å²) in [6, 6.07) is 21.7. The van der Waals surface area contributed by atoms with E-state index in [1.165, 1.54) is 0 Å². The molecule has 132 valence electrons. The zero-order valence-electron chi connectivity index (χ0n) is 14.8. The van der Waals surface area contributed by atoms with Gasteiger partial charge in [-0.05, 0) is 31.2 Å². The molecular formula is C21H18N6. The van der Waals surface area contributed by atoms with E-state index in [1.807, 2.05) is 67.6 Å². The minimum atomic E-state index is 0.555. The summed E-state index contributed by atoms with van der Waals surface area (Å²) in [4.78, 5) is 17.4. The highest BCUT2D eigenvalue weighted by Gasteiger charge is 2.05. The van der Waals surface area contributed by atoms with E-state index in [-0.39, 0.29) is 0 Å². The van der Waals surface area contributed by atoms with Crippen LogP contribution in [0.25, 0.3) is 11.3 Å². The first-order valence-corrected chi connectivity index (χ1v) is 8.58. The van der Waals surface area contributed by atoms with Gasteiger partial charge in [-0.2, -0.15) is 0 Å². The average Bonchev–Trinajstić information content (AvgIpc) is 2.69. The number of rotatable bonds is 5. The maximum absolute atomic E-state index is 4.54. The Morgan fingerprint density at radius 1 is 0.704 bits per heavy atom. The van der Waals surface area contributed by atoms with Gasteiger partial charge in [-0.1, -0.05) is 36.4 Å². The van der Waals surface area contributed by atoms with E-state index < -0.39 is 0 Å². The second kappa shape index (κ2) is 7.61. The molecule has 0 aliphatic rings. The first kappa shape index (κ1) is 16.7. The summed E-state index contributed by atoms with van der Waals surface area (Å²) in [6.07, 6.45) is 3.40. The molecule has 2 heterocycles. The zero-order chi connectivity index (χ0) is 18.5. The third-order valence-electron chi connectivity index (χ3n) is 3.86. The Morgan fingerprint density at radius 3 is 2.22 bits per heavy atom. The average molecular weight is 354 g/mol. The maximum Gasteiger partial charge on any atom is 0.227 e. The van der Waals surface area contributed by atoms with E-state index in [0.717, 1.165) is 28.5 Å². The van der Waals surface area contributed by atoms with Crippen LogP contribution in [0.1, 0.15) is 5.82 Å². The number of hydrogen-bond acceptors (Lipinski definition) is 6. The van der Waals surface area contributed by atoms with Gasteiger partial charge in [0.15, 0.2) is 0 Å². The Balaban J connectivity index is 1.57. The Kier molecular flexibility index (Phi) is 4.70. The van der Waals surface area contributed by atoms with E-state index in [0.29, 0.717) is 11.8 Å². The lowest BCUT2D eigenvalue weighted by Gasteiger charge is -2.11. The van der Waals surface area contributed by atoms with E-state index in [1.54, 1.807) is 18.5 Å². The monoisotopic (exact) mass is 354 g/mol. The van der Waals surface area contributed by atoms with Crippen LogP contribution in [-0.2, 0) is 0 Å². The highest BCUT2D eigenvalue weighted by atomic mass is 15.1. The quantitative estimate of drug-likeness (QED) is 0.540. The molecule has 0 fully saturated rings. The van der Waals surface area contributed by atoms with Gasteiger partial charge in [-0.25, -0.2) is 19.9 Å². The van der Waals surface area contributed by atoms with Crippen molar-refractivity contribution < 1.29 is 0 Å². The van der Waals surface area contributed by atoms with Gasteiger partial charge in [0.1, 0.15) is 11.6 Å². The summed E-state index contributed by atoms with van der Waals surface area (Å²) in [5.74, 6) is 2.01. The summed E-state index contributed by atoms with van der Waals surface area (Å²) in [5, 5.41) is 6.53. The number of nitrogens with zero attached hydrogens (tertiary/aromatic N) is 4. The van der Waals surface area contributed by atoms with Crippen molar-refractivity contribution in [3.8, 4) is 11.3 Å². The lowest BCUT2D eigenvalue weighted by atomic mass is 10.1. The van der Waals surface area contributed by atoms with E-state index in [9.17, 15) is 0 Å². The molecule has 0 bridgehead atoms. The van der Waals surface area contributed by atoms with E-state index >= 15 is 0 Å². The van der Waals surface area contributed by atoms with Crippen molar-refractivity contribution in [1.29, 1.82) is 0 Å². The van der Waals surface area contributed by atoms with Gasteiger partial charge in [0.05, 0.1) is 5.69 Å². The fourth-order valence-corrected chi connectivity index (χ4v) is 2.70. The summed E-state index contributed by atoms with van der Waals surface area (Å²) in [5.41, 5.74) is 3.74. The molecule has 2 aromatic heterocycles. The van der Waals surface area contributed by atoms with Crippen LogP contribution < -0.4 is 10.6 Å². The molecule has 0 saturated heterocycles. The third-order valence-corrected chi connectivity index (χ3v) is 3.86. The highest BCUT2D eigenvalue weighted by molar-refractivity contribution is 5.68. The molecule has 2 aromatic carbocycles. The minimum Gasteiger partial charge on any atom is -0.340 e. The Bertz CT molecular complexity index is 1030. The Morgan fingerprint density at radius 2 is 1.44 bits per heavy atom. The van der Waals surface area contributed by atoms with Crippen molar-refractivity contribution in [3.63, 3.8) is 0 Å². The smallest absolute Gasteiger partial charge is 0.227 e. The Hall–Kier alpha value is -3.80. The predicted octanol–water partition coefficient (Wildman–Crippen LogP) is 4.73. The Labute approximate surface area is 157 Å². The molecule has 0 amide bonds. The van der Waals surface area contributed by atoms with Gasteiger partial charge in [0, 0.05) is 35.4 Å². The third kappa shape index (κ3) is 4.24. The number of anilines is 4. The lowest BCUT2D eigenvalue weighted by Crippen LogP contribution is -2.00. The standard InChI is InChI=1S/C21H18N6/c1-15-24-19(16-7-3-2-4-8-16)14-20(25-15)26-17-9-5-10-18(13-17)27-21-22-11-6-12-23-21/h2-14H,1H3,(H,22,23,27)(H,24,25,26). The molecule has 6 nitrogen and oxygen atoms in total. The first-order valence-electron chi connectivity index (χ1n) is 8.58. The van der Waals surface area contributed by atoms with Crippen LogP contribution in [0.5, 0.6) is 0 Å². The van der Waals surface area contributed by atoms with Crippen LogP contribution in [-0.4, -0.2) is 19.9 Å². The lowest BCUT2D eigenvalue weighted by molar-refractivity contribution is 1.06. The van der Waals surface area contributed by atoms with E-state index in [2.05, 4.69) is 30.6 Å². The number of hydrogen-bond donors (Lipinski definition) is 2. The number of benzene rings is 2. The summed E-state index contributed by atoms with van der Waals surface area (Å²) < 4.78 is 0. The molecule has 27 heavy (non-hydrogen) atoms. The van der Waals surface area contributed by atoms with Crippen LogP contribution in [0.2, 0.25) is 0 Å². The molecule has 2 N–H and O–H groups in total. The second-order valence-electron chi connectivity index (χ2n) is 5.95. The van der Waals surface area contributed by atoms with Crippen molar-refractivity contribution in [2.24, 2.45) is 0 Å². The molecule has 0 aliphatic carbocycles. The molecular weight excluding hydrogens is 336 g/mol. The fourth-order valence-electron chi connectivity index (χ4n) is 2.70. The molecule has 4 rings (SSSR count). The van der Waals surface area contributed by atoms with E-state index in [4.69, 9.17) is 0 Å². The van der Waals surface area contributed by atoms with Crippen molar-refractivity contribution in [2.45, 2.75) is 6.92 Å². The SMILES string of the molecule is Cc1nc(Nc2cccc(Nc3ncccn3)c2)cc(-c2ccccc2)n1. The van der Waals surface area contributed by atoms with Crippen molar-refractivity contribution in [2.75, 3.05) is 10.6 Å². The van der Waals surface area contributed by atoms with Gasteiger partial charge >= 0.3 is 0 Å². The maximum atomic E-state index is 4.54. The molecule has 0 spiro atoms. The topological polar surface area (TPSA) is 75.6 Å². The zero-order valence-corrected chi connectivity index (χ0v) is 14.8. The predicted molar refractivity (Wildman–Crippen MR) is 107 cm³/mol. The van der Waals surface area contributed by atoms with Crippen LogP contribution in [0.4, 0.5) is 23.1 Å². The van der Waals surface area contributed by atoms with Crippen molar-refractivity contribution >= 4 is 23.1 Å². The van der Waals surface area contributed by atoms with Crippen molar-refractivity contribution in [3.05, 3.63) is 84.9 Å². The molecule has 0 saturated carbocycles. The largest absolute Gasteiger partial charge is 0.340 e. The van der Waals surface area contributed by atoms with Crippen LogP contribution >= 0.6 is 0 Å².